The summed E-state index contributed by atoms with van der Waals surface area (Å²) in [6.45, 7) is 0. The van der Waals surface area contributed by atoms with Gasteiger partial charge in [-0.25, -0.2) is 4.79 Å². The van der Waals surface area contributed by atoms with E-state index >= 15 is 0 Å². The molecule has 2 aromatic heterocycles. The van der Waals surface area contributed by atoms with E-state index in [0.29, 0.717) is 19.2 Å². The molecule has 0 bridgehead atoms. The summed E-state index contributed by atoms with van der Waals surface area (Å²) in [7, 11) is 1.32. The van der Waals surface area contributed by atoms with Crippen molar-refractivity contribution >= 4 is 57.5 Å². The third-order valence-corrected chi connectivity index (χ3v) is 4.71. The van der Waals surface area contributed by atoms with Gasteiger partial charge in [-0.3, -0.25) is 0 Å². The highest BCUT2D eigenvalue weighted by atomic mass is 35.5. The molecule has 0 aliphatic rings. The molecule has 0 saturated heterocycles. The summed E-state index contributed by atoms with van der Waals surface area (Å²) in [5.41, 5.74) is 6.92. The lowest BCUT2D eigenvalue weighted by atomic mass is 10.2. The fourth-order valence-corrected chi connectivity index (χ4v) is 3.93. The molecule has 90 valence electrons. The number of carbonyl (C=O) groups is 1. The van der Waals surface area contributed by atoms with Crippen LogP contribution in [0.25, 0.3) is 10.4 Å². The minimum absolute atomic E-state index is 0.376. The number of esters is 1. The molecule has 0 aromatic carbocycles. The Balaban J connectivity index is 2.48. The maximum atomic E-state index is 11.4. The highest BCUT2D eigenvalue weighted by Crippen LogP contribution is 2.42. The van der Waals surface area contributed by atoms with Crippen molar-refractivity contribution in [3.63, 3.8) is 0 Å². The van der Waals surface area contributed by atoms with Crippen molar-refractivity contribution in [2.45, 2.75) is 0 Å². The van der Waals surface area contributed by atoms with Gasteiger partial charge in [0.2, 0.25) is 0 Å². The van der Waals surface area contributed by atoms with Gasteiger partial charge in [-0.2, -0.15) is 0 Å². The second-order valence-corrected chi connectivity index (χ2v) is 6.46. The number of rotatable bonds is 2. The number of hydrogen-bond donors (Lipinski definition) is 1. The summed E-state index contributed by atoms with van der Waals surface area (Å²) in [5, 5.41) is 0. The molecule has 2 N–H and O–H groups in total. The van der Waals surface area contributed by atoms with Crippen LogP contribution in [0.3, 0.4) is 0 Å². The number of anilines is 1. The first-order valence-electron chi connectivity index (χ1n) is 4.45. The molecular formula is C10H7Cl2NO2S2. The first-order chi connectivity index (χ1) is 8.02. The molecule has 7 heteroatoms. The standard InChI is InChI=1S/C10H7Cl2NO2S2/c1-15-10(14)8-5(13)3-6(16-8)4-2-7(11)17-9(4)12/h2-3H,13H2,1H3. The molecule has 3 nitrogen and oxygen atoms in total. The van der Waals surface area contributed by atoms with Crippen molar-refractivity contribution in [1.29, 1.82) is 0 Å². The summed E-state index contributed by atoms with van der Waals surface area (Å²) >= 11 is 14.4. The lowest BCUT2D eigenvalue weighted by Crippen LogP contribution is -2.00. The fraction of sp³-hybridized carbons (Fsp3) is 0.100. The maximum Gasteiger partial charge on any atom is 0.350 e. The smallest absolute Gasteiger partial charge is 0.350 e. The molecule has 0 spiro atoms. The monoisotopic (exact) mass is 307 g/mol. The van der Waals surface area contributed by atoms with Gasteiger partial charge in [0.1, 0.15) is 9.21 Å². The van der Waals surface area contributed by atoms with E-state index in [2.05, 4.69) is 4.74 Å². The molecule has 2 heterocycles. The van der Waals surface area contributed by atoms with Gasteiger partial charge in [-0.05, 0) is 12.1 Å². The first-order valence-corrected chi connectivity index (χ1v) is 6.84. The van der Waals surface area contributed by atoms with Crippen LogP contribution in [0, 0.1) is 0 Å². The zero-order valence-electron chi connectivity index (χ0n) is 8.62. The van der Waals surface area contributed by atoms with Crippen LogP contribution in [0.15, 0.2) is 12.1 Å². The van der Waals surface area contributed by atoms with E-state index in [4.69, 9.17) is 28.9 Å². The molecule has 0 unspecified atom stereocenters. The van der Waals surface area contributed by atoms with Crippen molar-refractivity contribution in [3.05, 3.63) is 25.7 Å². The molecule has 0 aliphatic heterocycles. The van der Waals surface area contributed by atoms with E-state index in [1.165, 1.54) is 29.8 Å². The summed E-state index contributed by atoms with van der Waals surface area (Å²) in [6, 6.07) is 3.45. The zero-order valence-corrected chi connectivity index (χ0v) is 11.8. The van der Waals surface area contributed by atoms with Crippen LogP contribution >= 0.6 is 45.9 Å². The lowest BCUT2D eigenvalue weighted by Gasteiger charge is -1.94. The molecule has 0 aliphatic carbocycles. The normalized spacial score (nSPS) is 10.5. The number of thiophene rings is 2. The van der Waals surface area contributed by atoms with Gasteiger partial charge < -0.3 is 10.5 Å². The predicted molar refractivity (Wildman–Crippen MR) is 73.4 cm³/mol. The second-order valence-electron chi connectivity index (χ2n) is 3.12. The summed E-state index contributed by atoms with van der Waals surface area (Å²) in [4.78, 5) is 12.6. The number of nitrogen functional groups attached to an aromatic ring is 1. The Hall–Kier alpha value is -0.750. The van der Waals surface area contributed by atoms with Crippen molar-refractivity contribution in [2.24, 2.45) is 0 Å². The number of ether oxygens (including phenoxy) is 1. The number of hydrogen-bond acceptors (Lipinski definition) is 5. The van der Waals surface area contributed by atoms with Crippen molar-refractivity contribution in [1.82, 2.24) is 0 Å². The largest absolute Gasteiger partial charge is 0.465 e. The van der Waals surface area contributed by atoms with Gasteiger partial charge in [-0.1, -0.05) is 23.2 Å². The van der Waals surface area contributed by atoms with Crippen LogP contribution < -0.4 is 5.73 Å². The van der Waals surface area contributed by atoms with Crippen molar-refractivity contribution < 1.29 is 9.53 Å². The van der Waals surface area contributed by atoms with E-state index < -0.39 is 5.97 Å². The van der Waals surface area contributed by atoms with Crippen molar-refractivity contribution in [3.8, 4) is 10.4 Å². The minimum atomic E-state index is -0.448. The topological polar surface area (TPSA) is 52.3 Å². The molecule has 0 radical (unpaired) electrons. The third kappa shape index (κ3) is 2.42. The van der Waals surface area contributed by atoms with Crippen LogP contribution in [-0.2, 0) is 4.74 Å². The molecule has 17 heavy (non-hydrogen) atoms. The zero-order chi connectivity index (χ0) is 12.6. The van der Waals surface area contributed by atoms with Gasteiger partial charge in [0, 0.05) is 10.4 Å². The minimum Gasteiger partial charge on any atom is -0.465 e. The quantitative estimate of drug-likeness (QED) is 0.848. The van der Waals surface area contributed by atoms with Gasteiger partial charge in [0.15, 0.2) is 0 Å². The summed E-state index contributed by atoms with van der Waals surface area (Å²) < 4.78 is 5.81. The Labute approximate surface area is 116 Å². The number of nitrogens with two attached hydrogens (primary N) is 1. The van der Waals surface area contributed by atoms with Gasteiger partial charge >= 0.3 is 5.97 Å². The number of carbonyl (C=O) groups excluding carboxylic acids is 1. The molecule has 0 atom stereocenters. The number of methoxy groups -OCH3 is 1. The van der Waals surface area contributed by atoms with Crippen LogP contribution in [0.4, 0.5) is 5.69 Å². The van der Waals surface area contributed by atoms with Crippen LogP contribution in [0.5, 0.6) is 0 Å². The van der Waals surface area contributed by atoms with Crippen LogP contribution in [0.2, 0.25) is 8.67 Å². The molecular weight excluding hydrogens is 301 g/mol. The average Bonchev–Trinajstić information content (AvgIpc) is 2.80. The molecule has 0 saturated carbocycles. The van der Waals surface area contributed by atoms with E-state index in [1.807, 2.05) is 0 Å². The Morgan fingerprint density at radius 2 is 2.06 bits per heavy atom. The highest BCUT2D eigenvalue weighted by Gasteiger charge is 2.18. The van der Waals surface area contributed by atoms with Gasteiger partial charge in [-0.15, -0.1) is 22.7 Å². The molecule has 0 amide bonds. The average molecular weight is 308 g/mol. The van der Waals surface area contributed by atoms with Crippen LogP contribution in [-0.4, -0.2) is 13.1 Å². The SMILES string of the molecule is COC(=O)c1sc(-c2cc(Cl)sc2Cl)cc1N. The Morgan fingerprint density at radius 1 is 1.35 bits per heavy atom. The predicted octanol–water partition coefficient (Wildman–Crippen LogP) is 4.15. The van der Waals surface area contributed by atoms with E-state index in [9.17, 15) is 4.79 Å². The van der Waals surface area contributed by atoms with E-state index in [0.717, 1.165) is 10.4 Å². The van der Waals surface area contributed by atoms with Crippen LogP contribution in [0.1, 0.15) is 9.67 Å². The van der Waals surface area contributed by atoms with Gasteiger partial charge in [0.25, 0.3) is 0 Å². The highest BCUT2D eigenvalue weighted by molar-refractivity contribution is 7.22. The lowest BCUT2D eigenvalue weighted by molar-refractivity contribution is 0.0607. The fourth-order valence-electron chi connectivity index (χ4n) is 1.30. The maximum absolute atomic E-state index is 11.4. The second kappa shape index (κ2) is 4.86. The Kier molecular flexibility index (Phi) is 3.63. The van der Waals surface area contributed by atoms with E-state index in [1.54, 1.807) is 12.1 Å². The molecule has 2 aromatic rings. The number of halogens is 2. The van der Waals surface area contributed by atoms with Crippen molar-refractivity contribution in [2.75, 3.05) is 12.8 Å². The van der Waals surface area contributed by atoms with Gasteiger partial charge in [0.05, 0.1) is 17.1 Å². The summed E-state index contributed by atoms with van der Waals surface area (Å²) in [5.74, 6) is -0.448. The summed E-state index contributed by atoms with van der Waals surface area (Å²) in [6.07, 6.45) is 0. The van der Waals surface area contributed by atoms with E-state index in [-0.39, 0.29) is 0 Å². The Morgan fingerprint density at radius 3 is 2.59 bits per heavy atom. The molecule has 2 rings (SSSR count). The first kappa shape index (κ1) is 12.7. The molecule has 0 fully saturated rings. The Bertz CT molecular complexity index is 577. The third-order valence-electron chi connectivity index (χ3n) is 2.05.